The number of para-hydroxylation sites is 1. The third kappa shape index (κ3) is 3.33. The first-order valence-corrected chi connectivity index (χ1v) is 8.06. The van der Waals surface area contributed by atoms with Gasteiger partial charge in [0.15, 0.2) is 0 Å². The molecule has 0 atom stereocenters. The Kier molecular flexibility index (Phi) is 4.27. The van der Waals surface area contributed by atoms with Gasteiger partial charge in [0.1, 0.15) is 0 Å². The lowest BCUT2D eigenvalue weighted by Crippen LogP contribution is -2.48. The molecule has 0 aromatic heterocycles. The van der Waals surface area contributed by atoms with Crippen LogP contribution >= 0.6 is 0 Å². The zero-order valence-corrected chi connectivity index (χ0v) is 12.4. The summed E-state index contributed by atoms with van der Waals surface area (Å²) in [6, 6.07) is 10.8. The minimum Gasteiger partial charge on any atom is -0.369 e. The molecule has 1 aromatic rings. The molecule has 0 amide bonds. The van der Waals surface area contributed by atoms with E-state index in [1.165, 1.54) is 57.4 Å². The van der Waals surface area contributed by atoms with Crippen molar-refractivity contribution < 1.29 is 0 Å². The van der Waals surface area contributed by atoms with Crippen molar-refractivity contribution in [1.82, 2.24) is 4.90 Å². The Morgan fingerprint density at radius 1 is 0.950 bits per heavy atom. The summed E-state index contributed by atoms with van der Waals surface area (Å²) in [4.78, 5) is 5.08. The van der Waals surface area contributed by atoms with E-state index in [0.717, 1.165) is 13.1 Å². The molecule has 0 radical (unpaired) electrons. The zero-order valence-electron chi connectivity index (χ0n) is 12.4. The average Bonchev–Trinajstić information content (AvgIpc) is 2.94. The third-order valence-electron chi connectivity index (χ3n) is 5.02. The van der Waals surface area contributed by atoms with Gasteiger partial charge in [-0.25, -0.2) is 0 Å². The molecule has 0 bridgehead atoms. The van der Waals surface area contributed by atoms with Gasteiger partial charge in [0.25, 0.3) is 0 Å². The standard InChI is InChI=1S/C17H27N3/c18-17(8-4-5-9-17)10-11-19-12-14-20(15-13-19)16-6-2-1-3-7-16/h1-3,6-7H,4-5,8-15,18H2. The van der Waals surface area contributed by atoms with E-state index in [9.17, 15) is 0 Å². The largest absolute Gasteiger partial charge is 0.369 e. The molecule has 3 nitrogen and oxygen atoms in total. The highest BCUT2D eigenvalue weighted by Gasteiger charge is 2.29. The minimum absolute atomic E-state index is 0.149. The summed E-state index contributed by atoms with van der Waals surface area (Å²) in [5.74, 6) is 0. The molecule has 1 saturated heterocycles. The Morgan fingerprint density at radius 2 is 1.60 bits per heavy atom. The summed E-state index contributed by atoms with van der Waals surface area (Å²) < 4.78 is 0. The highest BCUT2D eigenvalue weighted by atomic mass is 15.3. The molecule has 2 aliphatic rings. The van der Waals surface area contributed by atoms with Crippen molar-refractivity contribution >= 4 is 5.69 Å². The van der Waals surface area contributed by atoms with Gasteiger partial charge >= 0.3 is 0 Å². The second-order valence-electron chi connectivity index (χ2n) is 6.48. The van der Waals surface area contributed by atoms with Crippen LogP contribution in [0.3, 0.4) is 0 Å². The van der Waals surface area contributed by atoms with Crippen LogP contribution in [0, 0.1) is 0 Å². The smallest absolute Gasteiger partial charge is 0.0367 e. The molecule has 1 aliphatic carbocycles. The Morgan fingerprint density at radius 3 is 2.25 bits per heavy atom. The molecule has 1 heterocycles. The lowest BCUT2D eigenvalue weighted by Gasteiger charge is -2.37. The average molecular weight is 273 g/mol. The Balaban J connectivity index is 1.44. The predicted molar refractivity (Wildman–Crippen MR) is 85.1 cm³/mol. The van der Waals surface area contributed by atoms with E-state index in [1.54, 1.807) is 0 Å². The molecular formula is C17H27N3. The molecule has 0 unspecified atom stereocenters. The van der Waals surface area contributed by atoms with Crippen molar-refractivity contribution in [3.05, 3.63) is 30.3 Å². The van der Waals surface area contributed by atoms with Gasteiger partial charge in [0, 0.05) is 44.0 Å². The van der Waals surface area contributed by atoms with Crippen LogP contribution in [0.25, 0.3) is 0 Å². The maximum absolute atomic E-state index is 6.46. The number of nitrogens with two attached hydrogens (primary N) is 1. The SMILES string of the molecule is NC1(CCN2CCN(c3ccccc3)CC2)CCCC1. The van der Waals surface area contributed by atoms with Crippen molar-refractivity contribution in [2.24, 2.45) is 5.73 Å². The molecule has 2 fully saturated rings. The van der Waals surface area contributed by atoms with E-state index in [4.69, 9.17) is 5.73 Å². The molecule has 1 aliphatic heterocycles. The van der Waals surface area contributed by atoms with Gasteiger partial charge in [-0.1, -0.05) is 31.0 Å². The summed E-state index contributed by atoms with van der Waals surface area (Å²) >= 11 is 0. The number of anilines is 1. The quantitative estimate of drug-likeness (QED) is 0.914. The molecule has 1 saturated carbocycles. The highest BCUT2D eigenvalue weighted by molar-refractivity contribution is 5.46. The predicted octanol–water partition coefficient (Wildman–Crippen LogP) is 2.47. The first-order valence-electron chi connectivity index (χ1n) is 8.06. The monoisotopic (exact) mass is 273 g/mol. The molecule has 1 aromatic carbocycles. The molecule has 0 spiro atoms. The number of piperazine rings is 1. The van der Waals surface area contributed by atoms with Gasteiger partial charge in [-0.3, -0.25) is 4.90 Å². The van der Waals surface area contributed by atoms with Crippen LogP contribution in [0.15, 0.2) is 30.3 Å². The van der Waals surface area contributed by atoms with Gasteiger partial charge in [0.05, 0.1) is 0 Å². The van der Waals surface area contributed by atoms with Crippen molar-refractivity contribution in [2.75, 3.05) is 37.6 Å². The molecule has 3 rings (SSSR count). The van der Waals surface area contributed by atoms with Crippen molar-refractivity contribution in [3.63, 3.8) is 0 Å². The fourth-order valence-electron chi connectivity index (χ4n) is 3.58. The van der Waals surface area contributed by atoms with Crippen LogP contribution in [0.4, 0.5) is 5.69 Å². The van der Waals surface area contributed by atoms with Gasteiger partial charge in [-0.2, -0.15) is 0 Å². The van der Waals surface area contributed by atoms with Crippen molar-refractivity contribution in [1.29, 1.82) is 0 Å². The second-order valence-corrected chi connectivity index (χ2v) is 6.48. The zero-order chi connectivity index (χ0) is 13.8. The van der Waals surface area contributed by atoms with E-state index in [2.05, 4.69) is 40.1 Å². The van der Waals surface area contributed by atoms with E-state index in [-0.39, 0.29) is 5.54 Å². The van der Waals surface area contributed by atoms with E-state index < -0.39 is 0 Å². The van der Waals surface area contributed by atoms with Crippen LogP contribution in [0.1, 0.15) is 32.1 Å². The van der Waals surface area contributed by atoms with Crippen LogP contribution < -0.4 is 10.6 Å². The van der Waals surface area contributed by atoms with Crippen molar-refractivity contribution in [2.45, 2.75) is 37.6 Å². The molecule has 110 valence electrons. The fraction of sp³-hybridized carbons (Fsp3) is 0.647. The highest BCUT2D eigenvalue weighted by Crippen LogP contribution is 2.30. The summed E-state index contributed by atoms with van der Waals surface area (Å²) in [5.41, 5.74) is 7.97. The van der Waals surface area contributed by atoms with Crippen LogP contribution in [0.5, 0.6) is 0 Å². The number of hydrogen-bond donors (Lipinski definition) is 1. The number of nitrogens with zero attached hydrogens (tertiary/aromatic N) is 2. The number of rotatable bonds is 4. The Labute approximate surface area is 122 Å². The third-order valence-corrected chi connectivity index (χ3v) is 5.02. The van der Waals surface area contributed by atoms with E-state index in [0.29, 0.717) is 0 Å². The lowest BCUT2D eigenvalue weighted by atomic mass is 9.94. The molecule has 2 N–H and O–H groups in total. The summed E-state index contributed by atoms with van der Waals surface area (Å²) in [6.07, 6.45) is 6.31. The fourth-order valence-corrected chi connectivity index (χ4v) is 3.58. The van der Waals surface area contributed by atoms with Gasteiger partial charge in [-0.05, 0) is 31.4 Å². The molecule has 3 heteroatoms. The van der Waals surface area contributed by atoms with Crippen molar-refractivity contribution in [3.8, 4) is 0 Å². The molecule has 20 heavy (non-hydrogen) atoms. The summed E-state index contributed by atoms with van der Waals surface area (Å²) in [5, 5.41) is 0. The number of benzene rings is 1. The first kappa shape index (κ1) is 13.9. The summed E-state index contributed by atoms with van der Waals surface area (Å²) in [7, 11) is 0. The Hall–Kier alpha value is -1.06. The minimum atomic E-state index is 0.149. The second kappa shape index (κ2) is 6.15. The lowest BCUT2D eigenvalue weighted by molar-refractivity contribution is 0.227. The first-order chi connectivity index (χ1) is 9.75. The van der Waals surface area contributed by atoms with Crippen LogP contribution in [-0.2, 0) is 0 Å². The Bertz CT molecular complexity index is 404. The van der Waals surface area contributed by atoms with Gasteiger partial charge in [-0.15, -0.1) is 0 Å². The molecular weight excluding hydrogens is 246 g/mol. The van der Waals surface area contributed by atoms with Crippen LogP contribution in [0.2, 0.25) is 0 Å². The number of hydrogen-bond acceptors (Lipinski definition) is 3. The topological polar surface area (TPSA) is 32.5 Å². The van der Waals surface area contributed by atoms with E-state index >= 15 is 0 Å². The maximum atomic E-state index is 6.46. The van der Waals surface area contributed by atoms with Gasteiger partial charge < -0.3 is 10.6 Å². The normalized spacial score (nSPS) is 23.1. The van der Waals surface area contributed by atoms with Gasteiger partial charge in [0.2, 0.25) is 0 Å². The van der Waals surface area contributed by atoms with Crippen LogP contribution in [-0.4, -0.2) is 43.2 Å². The van der Waals surface area contributed by atoms with E-state index in [1.807, 2.05) is 0 Å². The maximum Gasteiger partial charge on any atom is 0.0367 e. The summed E-state index contributed by atoms with van der Waals surface area (Å²) in [6.45, 7) is 5.80.